The minimum atomic E-state index is -0.401. The summed E-state index contributed by atoms with van der Waals surface area (Å²) in [7, 11) is 0. The van der Waals surface area contributed by atoms with Gasteiger partial charge in [0.25, 0.3) is 0 Å². The second-order valence-corrected chi connectivity index (χ2v) is 4.10. The lowest BCUT2D eigenvalue weighted by Gasteiger charge is -2.01. The molecule has 2 rings (SSSR count). The van der Waals surface area contributed by atoms with Gasteiger partial charge in [-0.15, -0.1) is 0 Å². The molecule has 0 saturated heterocycles. The van der Waals surface area contributed by atoms with E-state index in [2.05, 4.69) is 22.4 Å². The maximum absolute atomic E-state index is 12.2. The first-order valence-electron chi connectivity index (χ1n) is 6.09. The highest BCUT2D eigenvalue weighted by molar-refractivity contribution is 5.45. The maximum atomic E-state index is 12.2. The molecule has 2 aromatic rings. The van der Waals surface area contributed by atoms with Crippen LogP contribution in [0.5, 0.6) is 0 Å². The summed E-state index contributed by atoms with van der Waals surface area (Å²) in [5, 5.41) is 11.9. The van der Waals surface area contributed by atoms with Gasteiger partial charge >= 0.3 is 0 Å². The molecule has 5 nitrogen and oxygen atoms in total. The number of hydrogen-bond acceptors (Lipinski definition) is 3. The van der Waals surface area contributed by atoms with Gasteiger partial charge in [-0.25, -0.2) is 4.39 Å². The molecule has 0 atom stereocenters. The number of nitrogens with zero attached hydrogens (tertiary/aromatic N) is 4. The topological polar surface area (TPSA) is 47.7 Å². The van der Waals surface area contributed by atoms with E-state index in [1.54, 1.807) is 4.68 Å². The Morgan fingerprint density at radius 3 is 2.83 bits per heavy atom. The highest BCUT2D eigenvalue weighted by Crippen LogP contribution is 2.13. The Morgan fingerprint density at radius 2 is 2.17 bits per heavy atom. The first-order valence-corrected chi connectivity index (χ1v) is 6.09. The van der Waals surface area contributed by atoms with E-state index in [1.807, 2.05) is 30.1 Å². The van der Waals surface area contributed by atoms with Crippen molar-refractivity contribution in [2.75, 3.05) is 12.0 Å². The molecule has 6 heteroatoms. The zero-order chi connectivity index (χ0) is 13.0. The van der Waals surface area contributed by atoms with Gasteiger partial charge in [-0.1, -0.05) is 0 Å². The van der Waals surface area contributed by atoms with Gasteiger partial charge in [0.2, 0.25) is 0 Å². The van der Waals surface area contributed by atoms with E-state index in [9.17, 15) is 4.39 Å². The summed E-state index contributed by atoms with van der Waals surface area (Å²) in [6, 6.07) is 1.98. The molecule has 0 aliphatic heterocycles. The molecule has 0 bridgehead atoms. The zero-order valence-corrected chi connectivity index (χ0v) is 10.7. The smallest absolute Gasteiger partial charge is 0.109 e. The minimum absolute atomic E-state index is 0.299. The van der Waals surface area contributed by atoms with E-state index in [-0.39, 0.29) is 0 Å². The number of alkyl halides is 1. The second-order valence-electron chi connectivity index (χ2n) is 4.10. The fourth-order valence-electron chi connectivity index (χ4n) is 1.75. The summed E-state index contributed by atoms with van der Waals surface area (Å²) in [6.07, 6.45) is 3.78. The molecule has 2 heterocycles. The Kier molecular flexibility index (Phi) is 3.96. The fraction of sp³-hybridized carbons (Fsp3) is 0.500. The van der Waals surface area contributed by atoms with Crippen molar-refractivity contribution in [1.82, 2.24) is 19.6 Å². The fourth-order valence-corrected chi connectivity index (χ4v) is 1.75. The molecule has 0 amide bonds. The maximum Gasteiger partial charge on any atom is 0.109 e. The predicted octanol–water partition coefficient (Wildman–Crippen LogP) is 1.99. The second kappa shape index (κ2) is 5.66. The number of anilines is 1. The van der Waals surface area contributed by atoms with Crippen molar-refractivity contribution in [3.63, 3.8) is 0 Å². The van der Waals surface area contributed by atoms with E-state index in [0.717, 1.165) is 23.6 Å². The van der Waals surface area contributed by atoms with Crippen LogP contribution in [0, 0.1) is 6.92 Å². The van der Waals surface area contributed by atoms with Crippen LogP contribution < -0.4 is 5.32 Å². The third-order valence-corrected chi connectivity index (χ3v) is 2.74. The number of nitrogens with one attached hydrogen (secondary N) is 1. The molecule has 0 aliphatic rings. The van der Waals surface area contributed by atoms with Gasteiger partial charge in [-0.3, -0.25) is 9.36 Å². The van der Waals surface area contributed by atoms with Crippen molar-refractivity contribution in [2.24, 2.45) is 0 Å². The third kappa shape index (κ3) is 2.88. The van der Waals surface area contributed by atoms with E-state index >= 15 is 0 Å². The monoisotopic (exact) mass is 251 g/mol. The van der Waals surface area contributed by atoms with Crippen molar-refractivity contribution < 1.29 is 4.39 Å². The van der Waals surface area contributed by atoms with Crippen LogP contribution in [0.15, 0.2) is 18.5 Å². The number of halogens is 1. The Labute approximate surface area is 106 Å². The van der Waals surface area contributed by atoms with Crippen LogP contribution in [0.25, 0.3) is 0 Å². The first-order chi connectivity index (χ1) is 8.72. The van der Waals surface area contributed by atoms with Crippen molar-refractivity contribution >= 4 is 5.69 Å². The van der Waals surface area contributed by atoms with Gasteiger partial charge in [0.15, 0.2) is 0 Å². The number of aryl methyl sites for hydroxylation is 3. The Balaban J connectivity index is 1.96. The highest BCUT2D eigenvalue weighted by Gasteiger charge is 2.05. The number of rotatable bonds is 6. The Bertz CT molecular complexity index is 502. The average Bonchev–Trinajstić information content (AvgIpc) is 2.94. The number of aromatic nitrogens is 4. The van der Waals surface area contributed by atoms with Gasteiger partial charge in [-0.2, -0.15) is 10.2 Å². The van der Waals surface area contributed by atoms with Gasteiger partial charge in [0, 0.05) is 18.9 Å². The van der Waals surface area contributed by atoms with E-state index < -0.39 is 6.67 Å². The standard InChI is InChI=1S/C12H18FN5/c1-3-17-6-4-11(16-17)8-14-12-9-18(7-5-13)15-10(12)2/h4,6,9,14H,3,5,7-8H2,1-2H3. The van der Waals surface area contributed by atoms with Gasteiger partial charge < -0.3 is 5.32 Å². The van der Waals surface area contributed by atoms with Crippen molar-refractivity contribution in [3.8, 4) is 0 Å². The van der Waals surface area contributed by atoms with Crippen LogP contribution >= 0.6 is 0 Å². The molecule has 0 aliphatic carbocycles. The normalized spacial score (nSPS) is 10.8. The quantitative estimate of drug-likeness (QED) is 0.854. The lowest BCUT2D eigenvalue weighted by Crippen LogP contribution is -2.02. The van der Waals surface area contributed by atoms with Crippen LogP contribution in [-0.2, 0) is 19.6 Å². The van der Waals surface area contributed by atoms with Gasteiger partial charge in [0.1, 0.15) is 6.67 Å². The third-order valence-electron chi connectivity index (χ3n) is 2.74. The summed E-state index contributed by atoms with van der Waals surface area (Å²) in [5.41, 5.74) is 2.78. The van der Waals surface area contributed by atoms with E-state index in [1.165, 1.54) is 0 Å². The molecule has 0 fully saturated rings. The molecular weight excluding hydrogens is 233 g/mol. The molecule has 2 aromatic heterocycles. The van der Waals surface area contributed by atoms with E-state index in [0.29, 0.717) is 13.1 Å². The molecule has 0 radical (unpaired) electrons. The summed E-state index contributed by atoms with van der Waals surface area (Å²) < 4.78 is 15.7. The summed E-state index contributed by atoms with van der Waals surface area (Å²) >= 11 is 0. The molecular formula is C12H18FN5. The van der Waals surface area contributed by atoms with Crippen LogP contribution in [0.2, 0.25) is 0 Å². The molecule has 1 N–H and O–H groups in total. The molecule has 0 unspecified atom stereocenters. The average molecular weight is 251 g/mol. The predicted molar refractivity (Wildman–Crippen MR) is 68.2 cm³/mol. The van der Waals surface area contributed by atoms with Gasteiger partial charge in [-0.05, 0) is 19.9 Å². The SMILES string of the molecule is CCn1ccc(CNc2cn(CCF)nc2C)n1. The van der Waals surface area contributed by atoms with Gasteiger partial charge in [0.05, 0.1) is 30.2 Å². The Hall–Kier alpha value is -1.85. The molecule has 18 heavy (non-hydrogen) atoms. The first kappa shape index (κ1) is 12.6. The lowest BCUT2D eigenvalue weighted by atomic mass is 10.3. The summed E-state index contributed by atoms with van der Waals surface area (Å²) in [6.45, 7) is 5.37. The summed E-state index contributed by atoms with van der Waals surface area (Å²) in [5.74, 6) is 0. The highest BCUT2D eigenvalue weighted by atomic mass is 19.1. The van der Waals surface area contributed by atoms with Crippen molar-refractivity contribution in [2.45, 2.75) is 33.5 Å². The molecule has 0 aromatic carbocycles. The van der Waals surface area contributed by atoms with Crippen LogP contribution in [0.1, 0.15) is 18.3 Å². The van der Waals surface area contributed by atoms with Crippen molar-refractivity contribution in [1.29, 1.82) is 0 Å². The summed E-state index contributed by atoms with van der Waals surface area (Å²) in [4.78, 5) is 0. The van der Waals surface area contributed by atoms with Crippen LogP contribution in [0.4, 0.5) is 10.1 Å². The van der Waals surface area contributed by atoms with Crippen LogP contribution in [-0.4, -0.2) is 26.2 Å². The van der Waals surface area contributed by atoms with Crippen molar-refractivity contribution in [3.05, 3.63) is 29.8 Å². The Morgan fingerprint density at radius 1 is 1.33 bits per heavy atom. The largest absolute Gasteiger partial charge is 0.377 e. The zero-order valence-electron chi connectivity index (χ0n) is 10.7. The van der Waals surface area contributed by atoms with Crippen LogP contribution in [0.3, 0.4) is 0 Å². The minimum Gasteiger partial charge on any atom is -0.377 e. The number of hydrogen-bond donors (Lipinski definition) is 1. The lowest BCUT2D eigenvalue weighted by molar-refractivity contribution is 0.426. The van der Waals surface area contributed by atoms with E-state index in [4.69, 9.17) is 0 Å². The molecule has 98 valence electrons. The molecule has 0 saturated carbocycles. The molecule has 0 spiro atoms.